The van der Waals surface area contributed by atoms with Gasteiger partial charge in [-0.1, -0.05) is 6.92 Å². The van der Waals surface area contributed by atoms with E-state index in [1.54, 1.807) is 0 Å². The Balaban J connectivity index is 1.67. The highest BCUT2D eigenvalue weighted by Crippen LogP contribution is 2.30. The van der Waals surface area contributed by atoms with Crippen molar-refractivity contribution in [1.29, 1.82) is 0 Å². The fourth-order valence-corrected chi connectivity index (χ4v) is 3.50. The molecule has 0 spiro atoms. The maximum absolute atomic E-state index is 13.0. The van der Waals surface area contributed by atoms with Crippen LogP contribution in [0.4, 0.5) is 13.2 Å². The van der Waals surface area contributed by atoms with Gasteiger partial charge in [0, 0.05) is 12.7 Å². The number of likely N-dealkylation sites (tertiary alicyclic amines) is 1. The second-order valence-corrected chi connectivity index (χ2v) is 6.92. The van der Waals surface area contributed by atoms with Crippen molar-refractivity contribution in [3.8, 4) is 0 Å². The van der Waals surface area contributed by atoms with Crippen molar-refractivity contribution in [2.24, 2.45) is 0 Å². The monoisotopic (exact) mass is 382 g/mol. The van der Waals surface area contributed by atoms with E-state index in [9.17, 15) is 18.0 Å². The number of hydrogen-bond donors (Lipinski definition) is 1. The zero-order valence-corrected chi connectivity index (χ0v) is 15.5. The minimum atomic E-state index is -4.46. The van der Waals surface area contributed by atoms with Crippen LogP contribution < -0.4 is 5.32 Å². The van der Waals surface area contributed by atoms with Crippen molar-refractivity contribution in [3.05, 3.63) is 35.3 Å². The molecule has 1 saturated heterocycles. The number of pyridine rings is 1. The number of carbonyl (C=O) groups excluding carboxylic acids is 1. The molecule has 3 rings (SSSR count). The van der Waals surface area contributed by atoms with Crippen LogP contribution in [0.1, 0.15) is 54.4 Å². The van der Waals surface area contributed by atoms with Gasteiger partial charge in [-0.25, -0.2) is 4.98 Å². The summed E-state index contributed by atoms with van der Waals surface area (Å²) in [4.78, 5) is 19.3. The number of rotatable bonds is 7. The largest absolute Gasteiger partial charge is 0.417 e. The van der Waals surface area contributed by atoms with Crippen LogP contribution >= 0.6 is 0 Å². The molecule has 148 valence electrons. The molecule has 2 aromatic heterocycles. The minimum absolute atomic E-state index is 0.193. The Kier molecular flexibility index (Phi) is 6.04. The zero-order valence-electron chi connectivity index (χ0n) is 15.5. The number of unbranched alkanes of at least 4 members (excludes halogenated alkanes) is 1. The number of aromatic nitrogens is 2. The highest BCUT2D eigenvalue weighted by molar-refractivity contribution is 5.94. The lowest BCUT2D eigenvalue weighted by Gasteiger charge is -2.14. The number of imidazole rings is 1. The molecule has 0 aliphatic carbocycles. The van der Waals surface area contributed by atoms with Gasteiger partial charge in [-0.2, -0.15) is 13.2 Å². The Morgan fingerprint density at radius 2 is 1.96 bits per heavy atom. The number of carbonyl (C=O) groups is 1. The highest BCUT2D eigenvalue weighted by Gasteiger charge is 2.31. The molecule has 0 atom stereocenters. The lowest BCUT2D eigenvalue weighted by atomic mass is 10.2. The second kappa shape index (κ2) is 8.29. The number of hydrogen-bond acceptors (Lipinski definition) is 3. The van der Waals surface area contributed by atoms with Crippen LogP contribution in [0.15, 0.2) is 18.3 Å². The SMILES string of the molecule is CCc1nc2ccc(C(F)(F)F)cn2c1C(=O)NCCCCN1CCCC1. The fourth-order valence-electron chi connectivity index (χ4n) is 3.50. The molecule has 27 heavy (non-hydrogen) atoms. The van der Waals surface area contributed by atoms with E-state index in [4.69, 9.17) is 0 Å². The lowest BCUT2D eigenvalue weighted by Crippen LogP contribution is -2.28. The molecule has 5 nitrogen and oxygen atoms in total. The molecule has 1 amide bonds. The van der Waals surface area contributed by atoms with Crippen molar-refractivity contribution in [2.75, 3.05) is 26.2 Å². The summed E-state index contributed by atoms with van der Waals surface area (Å²) < 4.78 is 40.3. The number of amides is 1. The van der Waals surface area contributed by atoms with E-state index >= 15 is 0 Å². The molecule has 0 unspecified atom stereocenters. The predicted octanol–water partition coefficient (Wildman–Crippen LogP) is 3.52. The van der Waals surface area contributed by atoms with E-state index in [1.165, 1.54) is 23.3 Å². The normalized spacial score (nSPS) is 15.6. The van der Waals surface area contributed by atoms with Crippen molar-refractivity contribution in [1.82, 2.24) is 19.6 Å². The summed E-state index contributed by atoms with van der Waals surface area (Å²) in [6.45, 7) is 5.66. The quantitative estimate of drug-likeness (QED) is 0.746. The van der Waals surface area contributed by atoms with Crippen LogP contribution in [-0.4, -0.2) is 46.4 Å². The number of nitrogens with one attached hydrogen (secondary N) is 1. The van der Waals surface area contributed by atoms with Crippen LogP contribution in [0.3, 0.4) is 0 Å². The Bertz CT molecular complexity index is 794. The first-order chi connectivity index (χ1) is 12.9. The molecule has 0 aromatic carbocycles. The molecule has 1 aliphatic heterocycles. The van der Waals surface area contributed by atoms with Gasteiger partial charge in [0.2, 0.25) is 0 Å². The van der Waals surface area contributed by atoms with Crippen LogP contribution in [0.25, 0.3) is 5.65 Å². The van der Waals surface area contributed by atoms with E-state index < -0.39 is 11.7 Å². The first-order valence-electron chi connectivity index (χ1n) is 9.49. The van der Waals surface area contributed by atoms with Crippen molar-refractivity contribution in [2.45, 2.75) is 45.2 Å². The van der Waals surface area contributed by atoms with Crippen LogP contribution in [-0.2, 0) is 12.6 Å². The van der Waals surface area contributed by atoms with Gasteiger partial charge in [0.05, 0.1) is 11.3 Å². The lowest BCUT2D eigenvalue weighted by molar-refractivity contribution is -0.137. The summed E-state index contributed by atoms with van der Waals surface area (Å²) in [5.41, 5.74) is 0.246. The van der Waals surface area contributed by atoms with Crippen molar-refractivity contribution < 1.29 is 18.0 Å². The minimum Gasteiger partial charge on any atom is -0.351 e. The number of fused-ring (bicyclic) bond motifs is 1. The van der Waals surface area contributed by atoms with Crippen molar-refractivity contribution >= 4 is 11.6 Å². The number of halogens is 3. The molecule has 1 N–H and O–H groups in total. The van der Waals surface area contributed by atoms with Gasteiger partial charge >= 0.3 is 6.18 Å². The molecular formula is C19H25F3N4O. The van der Waals surface area contributed by atoms with Gasteiger partial charge in [-0.15, -0.1) is 0 Å². The van der Waals surface area contributed by atoms with Crippen LogP contribution in [0.2, 0.25) is 0 Å². The maximum atomic E-state index is 13.0. The van der Waals surface area contributed by atoms with Gasteiger partial charge in [0.15, 0.2) is 0 Å². The molecule has 8 heteroatoms. The molecule has 0 saturated carbocycles. The second-order valence-electron chi connectivity index (χ2n) is 6.92. The van der Waals surface area contributed by atoms with Crippen molar-refractivity contribution in [3.63, 3.8) is 0 Å². The Labute approximate surface area is 156 Å². The molecule has 2 aromatic rings. The van der Waals surface area contributed by atoms with Gasteiger partial charge < -0.3 is 10.2 Å². The molecule has 0 bridgehead atoms. The topological polar surface area (TPSA) is 49.6 Å². The van der Waals surface area contributed by atoms with Gasteiger partial charge in [0.25, 0.3) is 5.91 Å². The van der Waals surface area contributed by atoms with E-state index in [2.05, 4.69) is 15.2 Å². The third kappa shape index (κ3) is 4.61. The summed E-state index contributed by atoms with van der Waals surface area (Å²) in [6, 6.07) is 2.29. The predicted molar refractivity (Wildman–Crippen MR) is 96.8 cm³/mol. The smallest absolute Gasteiger partial charge is 0.351 e. The third-order valence-corrected chi connectivity index (χ3v) is 4.95. The van der Waals surface area contributed by atoms with E-state index in [0.717, 1.165) is 44.7 Å². The number of alkyl halides is 3. The van der Waals surface area contributed by atoms with Gasteiger partial charge in [0.1, 0.15) is 11.3 Å². The van der Waals surface area contributed by atoms with Crippen LogP contribution in [0.5, 0.6) is 0 Å². The first-order valence-corrected chi connectivity index (χ1v) is 9.49. The van der Waals surface area contributed by atoms with E-state index in [0.29, 0.717) is 24.3 Å². The Morgan fingerprint density at radius 1 is 1.22 bits per heavy atom. The Hall–Kier alpha value is -2.09. The van der Waals surface area contributed by atoms with E-state index in [1.807, 2.05) is 6.92 Å². The molecule has 1 aliphatic rings. The van der Waals surface area contributed by atoms with Crippen LogP contribution in [0, 0.1) is 0 Å². The number of aryl methyl sites for hydroxylation is 1. The molecule has 1 fully saturated rings. The average molecular weight is 382 g/mol. The summed E-state index contributed by atoms with van der Waals surface area (Å²) in [6.07, 6.45) is 1.30. The molecule has 3 heterocycles. The van der Waals surface area contributed by atoms with Gasteiger partial charge in [-0.3, -0.25) is 9.20 Å². The van der Waals surface area contributed by atoms with E-state index in [-0.39, 0.29) is 11.6 Å². The third-order valence-electron chi connectivity index (χ3n) is 4.95. The maximum Gasteiger partial charge on any atom is 0.417 e. The number of nitrogens with zero attached hydrogens (tertiary/aromatic N) is 3. The molecular weight excluding hydrogens is 357 g/mol. The standard InChI is InChI=1S/C19H25F3N4O/c1-2-15-17(18(27)23-9-3-4-10-25-11-5-6-12-25)26-13-14(19(20,21)22)7-8-16(26)24-15/h7-8,13H,2-6,9-12H2,1H3,(H,23,27). The average Bonchev–Trinajstić information content (AvgIpc) is 3.26. The first kappa shape index (κ1) is 19.7. The summed E-state index contributed by atoms with van der Waals surface area (Å²) in [7, 11) is 0. The van der Waals surface area contributed by atoms with Gasteiger partial charge in [-0.05, 0) is 63.9 Å². The summed E-state index contributed by atoms with van der Waals surface area (Å²) >= 11 is 0. The summed E-state index contributed by atoms with van der Waals surface area (Å²) in [5, 5.41) is 2.84. The highest BCUT2D eigenvalue weighted by atomic mass is 19.4. The molecule has 0 radical (unpaired) electrons. The Morgan fingerprint density at radius 3 is 2.63 bits per heavy atom. The summed E-state index contributed by atoms with van der Waals surface area (Å²) in [5.74, 6) is -0.375. The fraction of sp³-hybridized carbons (Fsp3) is 0.579. The zero-order chi connectivity index (χ0) is 19.4.